The van der Waals surface area contributed by atoms with E-state index >= 15 is 0 Å². The quantitative estimate of drug-likeness (QED) is 0.851. The summed E-state index contributed by atoms with van der Waals surface area (Å²) in [4.78, 5) is 0. The Morgan fingerprint density at radius 1 is 1.05 bits per heavy atom. The minimum Gasteiger partial charge on any atom is -0.312 e. The number of nitrogens with one attached hydrogen (secondary N) is 1. The summed E-state index contributed by atoms with van der Waals surface area (Å²) in [6.45, 7) is 3.91. The predicted octanol–water partition coefficient (Wildman–Crippen LogP) is 4.62. The largest absolute Gasteiger partial charge is 0.416 e. The van der Waals surface area contributed by atoms with E-state index in [0.717, 1.165) is 36.1 Å². The Morgan fingerprint density at radius 3 is 2.20 bits per heavy atom. The van der Waals surface area contributed by atoms with Crippen LogP contribution in [0.1, 0.15) is 43.7 Å². The predicted molar refractivity (Wildman–Crippen MR) is 74.3 cm³/mol. The van der Waals surface area contributed by atoms with Crippen molar-refractivity contribution in [3.8, 4) is 0 Å². The van der Waals surface area contributed by atoms with Crippen LogP contribution in [0.4, 0.5) is 13.2 Å². The molecule has 0 heterocycles. The van der Waals surface area contributed by atoms with Gasteiger partial charge in [0, 0.05) is 6.54 Å². The van der Waals surface area contributed by atoms with Crippen LogP contribution in [0.3, 0.4) is 0 Å². The summed E-state index contributed by atoms with van der Waals surface area (Å²) in [6.07, 6.45) is 0.881. The third-order valence-electron chi connectivity index (χ3n) is 4.18. The van der Waals surface area contributed by atoms with Gasteiger partial charge in [-0.2, -0.15) is 13.2 Å². The Bertz CT molecular complexity index is 403. The molecule has 0 spiro atoms. The molecule has 0 saturated heterocycles. The van der Waals surface area contributed by atoms with E-state index in [4.69, 9.17) is 0 Å². The van der Waals surface area contributed by atoms with Crippen molar-refractivity contribution in [3.05, 3.63) is 35.4 Å². The van der Waals surface area contributed by atoms with Gasteiger partial charge >= 0.3 is 6.18 Å². The fraction of sp³-hybridized carbons (Fsp3) is 0.625. The molecule has 4 heteroatoms. The highest BCUT2D eigenvalue weighted by molar-refractivity contribution is 5.24. The van der Waals surface area contributed by atoms with Crippen molar-refractivity contribution >= 4 is 0 Å². The number of hydrogen-bond acceptors (Lipinski definition) is 1. The van der Waals surface area contributed by atoms with E-state index in [1.165, 1.54) is 25.7 Å². The van der Waals surface area contributed by atoms with Crippen LogP contribution < -0.4 is 5.32 Å². The van der Waals surface area contributed by atoms with Crippen molar-refractivity contribution in [2.24, 2.45) is 11.8 Å². The Balaban J connectivity index is 1.74. The molecule has 0 unspecified atom stereocenters. The highest BCUT2D eigenvalue weighted by Gasteiger charge is 2.29. The zero-order chi connectivity index (χ0) is 14.6. The van der Waals surface area contributed by atoms with Crippen LogP contribution in [0, 0.1) is 11.8 Å². The first-order valence-corrected chi connectivity index (χ1v) is 7.32. The van der Waals surface area contributed by atoms with E-state index in [0.29, 0.717) is 6.54 Å². The monoisotopic (exact) mass is 285 g/mol. The maximum atomic E-state index is 12.4. The van der Waals surface area contributed by atoms with Crippen LogP contribution in [-0.2, 0) is 12.7 Å². The van der Waals surface area contributed by atoms with Gasteiger partial charge in [0.2, 0.25) is 0 Å². The molecule has 1 aliphatic rings. The average Bonchev–Trinajstić information content (AvgIpc) is 2.41. The smallest absolute Gasteiger partial charge is 0.312 e. The standard InChI is InChI=1S/C16H22F3N/c1-12-2-4-13(5-3-12)10-20-11-14-6-8-15(9-7-14)16(17,18)19/h6-9,12-13,20H,2-5,10-11H2,1H3. The summed E-state index contributed by atoms with van der Waals surface area (Å²) in [5.74, 6) is 1.57. The van der Waals surface area contributed by atoms with Crippen LogP contribution in [0.5, 0.6) is 0 Å². The summed E-state index contributed by atoms with van der Waals surface area (Å²) in [6, 6.07) is 5.41. The van der Waals surface area contributed by atoms with E-state index in [2.05, 4.69) is 12.2 Å². The molecule has 20 heavy (non-hydrogen) atoms. The first-order chi connectivity index (χ1) is 9.45. The molecule has 0 atom stereocenters. The molecule has 1 saturated carbocycles. The molecule has 1 aliphatic carbocycles. The van der Waals surface area contributed by atoms with Gasteiger partial charge in [0.25, 0.3) is 0 Å². The van der Waals surface area contributed by atoms with Crippen molar-refractivity contribution in [2.75, 3.05) is 6.54 Å². The molecule has 0 aliphatic heterocycles. The molecule has 0 bridgehead atoms. The molecule has 1 fully saturated rings. The zero-order valence-corrected chi connectivity index (χ0v) is 11.8. The summed E-state index contributed by atoms with van der Waals surface area (Å²) in [5.41, 5.74) is 0.324. The van der Waals surface area contributed by atoms with Crippen molar-refractivity contribution < 1.29 is 13.2 Å². The maximum Gasteiger partial charge on any atom is 0.416 e. The van der Waals surface area contributed by atoms with Gasteiger partial charge in [-0.25, -0.2) is 0 Å². The zero-order valence-electron chi connectivity index (χ0n) is 11.8. The second kappa shape index (κ2) is 6.61. The highest BCUT2D eigenvalue weighted by Crippen LogP contribution is 2.29. The molecule has 0 radical (unpaired) electrons. The SMILES string of the molecule is CC1CCC(CNCc2ccc(C(F)(F)F)cc2)CC1. The molecule has 1 aromatic carbocycles. The van der Waals surface area contributed by atoms with E-state index in [1.807, 2.05) is 0 Å². The summed E-state index contributed by atoms with van der Waals surface area (Å²) in [7, 11) is 0. The molecule has 1 aromatic rings. The minimum atomic E-state index is -4.25. The summed E-state index contributed by atoms with van der Waals surface area (Å²) >= 11 is 0. The van der Waals surface area contributed by atoms with Crippen LogP contribution in [-0.4, -0.2) is 6.54 Å². The third kappa shape index (κ3) is 4.51. The van der Waals surface area contributed by atoms with Gasteiger partial charge in [-0.3, -0.25) is 0 Å². The topological polar surface area (TPSA) is 12.0 Å². The molecule has 0 aromatic heterocycles. The lowest BCUT2D eigenvalue weighted by Crippen LogP contribution is -2.25. The van der Waals surface area contributed by atoms with E-state index in [-0.39, 0.29) is 0 Å². The highest BCUT2D eigenvalue weighted by atomic mass is 19.4. The maximum absolute atomic E-state index is 12.4. The van der Waals surface area contributed by atoms with Gasteiger partial charge in [-0.1, -0.05) is 31.9 Å². The van der Waals surface area contributed by atoms with Crippen LogP contribution in [0.15, 0.2) is 24.3 Å². The van der Waals surface area contributed by atoms with Crippen molar-refractivity contribution in [1.82, 2.24) is 5.32 Å². The molecule has 0 amide bonds. The lowest BCUT2D eigenvalue weighted by Gasteiger charge is -2.26. The van der Waals surface area contributed by atoms with Gasteiger partial charge in [-0.05, 0) is 48.9 Å². The third-order valence-corrected chi connectivity index (χ3v) is 4.18. The lowest BCUT2D eigenvalue weighted by atomic mass is 9.83. The van der Waals surface area contributed by atoms with Gasteiger partial charge in [-0.15, -0.1) is 0 Å². The van der Waals surface area contributed by atoms with Crippen molar-refractivity contribution in [2.45, 2.75) is 45.3 Å². The second-order valence-corrected chi connectivity index (χ2v) is 5.95. The fourth-order valence-electron chi connectivity index (χ4n) is 2.77. The van der Waals surface area contributed by atoms with Crippen LogP contribution in [0.25, 0.3) is 0 Å². The number of benzene rings is 1. The Labute approximate surface area is 118 Å². The molecular weight excluding hydrogens is 263 g/mol. The number of rotatable bonds is 4. The molecule has 2 rings (SSSR count). The second-order valence-electron chi connectivity index (χ2n) is 5.95. The first kappa shape index (κ1) is 15.4. The molecule has 1 nitrogen and oxygen atoms in total. The molecule has 112 valence electrons. The van der Waals surface area contributed by atoms with Crippen LogP contribution in [0.2, 0.25) is 0 Å². The Kier molecular flexibility index (Phi) is 5.08. The average molecular weight is 285 g/mol. The lowest BCUT2D eigenvalue weighted by molar-refractivity contribution is -0.137. The van der Waals surface area contributed by atoms with Crippen LogP contribution >= 0.6 is 0 Å². The normalized spacial score (nSPS) is 23.8. The van der Waals surface area contributed by atoms with Gasteiger partial charge in [0.15, 0.2) is 0 Å². The van der Waals surface area contributed by atoms with Crippen molar-refractivity contribution in [3.63, 3.8) is 0 Å². The number of halogens is 3. The summed E-state index contributed by atoms with van der Waals surface area (Å²) < 4.78 is 37.3. The first-order valence-electron chi connectivity index (χ1n) is 7.32. The van der Waals surface area contributed by atoms with Crippen molar-refractivity contribution in [1.29, 1.82) is 0 Å². The Hall–Kier alpha value is -1.03. The van der Waals surface area contributed by atoms with E-state index in [1.54, 1.807) is 12.1 Å². The fourth-order valence-corrected chi connectivity index (χ4v) is 2.77. The number of alkyl halides is 3. The van der Waals surface area contributed by atoms with E-state index < -0.39 is 11.7 Å². The molecule has 1 N–H and O–H groups in total. The molecular formula is C16H22F3N. The van der Waals surface area contributed by atoms with E-state index in [9.17, 15) is 13.2 Å². The minimum absolute atomic E-state index is 0.581. The summed E-state index contributed by atoms with van der Waals surface area (Å²) in [5, 5.41) is 3.36. The van der Waals surface area contributed by atoms with Gasteiger partial charge in [0.1, 0.15) is 0 Å². The number of hydrogen-bond donors (Lipinski definition) is 1. The van der Waals surface area contributed by atoms with Gasteiger partial charge in [0.05, 0.1) is 5.56 Å². The Morgan fingerprint density at radius 2 is 1.65 bits per heavy atom. The van der Waals surface area contributed by atoms with Gasteiger partial charge < -0.3 is 5.32 Å².